The maximum Gasteiger partial charge on any atom is 0.323 e. The van der Waals surface area contributed by atoms with E-state index in [-0.39, 0.29) is 12.0 Å². The third kappa shape index (κ3) is 4.06. The zero-order valence-corrected chi connectivity index (χ0v) is 11.8. The van der Waals surface area contributed by atoms with Gasteiger partial charge in [0.15, 0.2) is 0 Å². The first kappa shape index (κ1) is 14.0. The predicted molar refractivity (Wildman–Crippen MR) is 68.8 cm³/mol. The third-order valence-corrected chi connectivity index (χ3v) is 4.09. The van der Waals surface area contributed by atoms with Crippen LogP contribution in [0.1, 0.15) is 33.1 Å². The summed E-state index contributed by atoms with van der Waals surface area (Å²) in [5, 5.41) is 0.985. The van der Waals surface area contributed by atoms with Crippen LogP contribution >= 0.6 is 15.9 Å². The number of hydrogen-bond donors (Lipinski definition) is 0. The van der Waals surface area contributed by atoms with Crippen molar-refractivity contribution in [1.29, 1.82) is 0 Å². The Morgan fingerprint density at radius 2 is 2.31 bits per heavy atom. The summed E-state index contributed by atoms with van der Waals surface area (Å²) in [7, 11) is 0. The summed E-state index contributed by atoms with van der Waals surface area (Å²) in [4.78, 5) is 14.1. The van der Waals surface area contributed by atoms with Gasteiger partial charge in [-0.15, -0.1) is 0 Å². The average Bonchev–Trinajstić information content (AvgIpc) is 2.30. The van der Waals surface area contributed by atoms with Crippen LogP contribution in [0.4, 0.5) is 0 Å². The molecule has 0 N–H and O–H groups in total. The summed E-state index contributed by atoms with van der Waals surface area (Å²) in [5.74, 6) is 0.541. The molecule has 0 radical (unpaired) electrons. The second kappa shape index (κ2) is 7.28. The largest absolute Gasteiger partial charge is 0.465 e. The molecule has 4 heteroatoms. The van der Waals surface area contributed by atoms with Crippen molar-refractivity contribution in [1.82, 2.24) is 4.90 Å². The van der Waals surface area contributed by atoms with E-state index in [1.807, 2.05) is 6.92 Å². The second-order valence-electron chi connectivity index (χ2n) is 4.52. The maximum absolute atomic E-state index is 11.8. The van der Waals surface area contributed by atoms with Gasteiger partial charge in [-0.2, -0.15) is 0 Å². The smallest absolute Gasteiger partial charge is 0.323 e. The molecule has 94 valence electrons. The van der Waals surface area contributed by atoms with Crippen molar-refractivity contribution in [2.24, 2.45) is 5.92 Å². The number of piperidine rings is 1. The number of rotatable bonds is 5. The highest BCUT2D eigenvalue weighted by Gasteiger charge is 2.30. The molecule has 1 fully saturated rings. The van der Waals surface area contributed by atoms with E-state index in [1.54, 1.807) is 0 Å². The Hall–Kier alpha value is -0.0900. The third-order valence-electron chi connectivity index (χ3n) is 2.98. The lowest BCUT2D eigenvalue weighted by atomic mass is 10.0. The average molecular weight is 292 g/mol. The monoisotopic (exact) mass is 291 g/mol. The van der Waals surface area contributed by atoms with E-state index in [2.05, 4.69) is 27.8 Å². The lowest BCUT2D eigenvalue weighted by molar-refractivity contribution is -0.151. The van der Waals surface area contributed by atoms with Crippen LogP contribution in [0.3, 0.4) is 0 Å². The number of ether oxygens (including phenoxy) is 1. The predicted octanol–water partition coefficient (Wildman–Crippen LogP) is 2.44. The Labute approximate surface area is 107 Å². The van der Waals surface area contributed by atoms with Crippen molar-refractivity contribution in [2.45, 2.75) is 39.2 Å². The summed E-state index contributed by atoms with van der Waals surface area (Å²) < 4.78 is 5.13. The van der Waals surface area contributed by atoms with E-state index in [1.165, 1.54) is 6.42 Å². The van der Waals surface area contributed by atoms with Crippen LogP contribution in [0.2, 0.25) is 0 Å². The van der Waals surface area contributed by atoms with Crippen LogP contribution in [0.5, 0.6) is 0 Å². The number of nitrogens with zero attached hydrogens (tertiary/aromatic N) is 1. The van der Waals surface area contributed by atoms with Crippen molar-refractivity contribution in [2.75, 3.05) is 25.0 Å². The van der Waals surface area contributed by atoms with E-state index in [9.17, 15) is 4.79 Å². The highest BCUT2D eigenvalue weighted by molar-refractivity contribution is 9.09. The van der Waals surface area contributed by atoms with Crippen LogP contribution in [0.15, 0.2) is 0 Å². The minimum Gasteiger partial charge on any atom is -0.465 e. The molecule has 0 bridgehead atoms. The van der Waals surface area contributed by atoms with Crippen molar-refractivity contribution >= 4 is 21.9 Å². The topological polar surface area (TPSA) is 29.5 Å². The van der Waals surface area contributed by atoms with Gasteiger partial charge >= 0.3 is 5.97 Å². The lowest BCUT2D eigenvalue weighted by Crippen LogP contribution is -2.47. The van der Waals surface area contributed by atoms with E-state index >= 15 is 0 Å². The van der Waals surface area contributed by atoms with E-state index in [0.29, 0.717) is 12.5 Å². The van der Waals surface area contributed by atoms with Gasteiger partial charge in [-0.05, 0) is 32.2 Å². The molecule has 1 heterocycles. The van der Waals surface area contributed by atoms with Crippen LogP contribution in [-0.2, 0) is 9.53 Å². The molecular weight excluding hydrogens is 270 g/mol. The number of carbonyl (C=O) groups excluding carboxylic acids is 1. The molecule has 3 nitrogen and oxygen atoms in total. The number of carbonyl (C=O) groups is 1. The summed E-state index contributed by atoms with van der Waals surface area (Å²) in [6, 6.07) is -0.00444. The van der Waals surface area contributed by atoms with Gasteiger partial charge in [0.05, 0.1) is 6.61 Å². The first-order valence-corrected chi connectivity index (χ1v) is 7.27. The molecule has 0 aromatic heterocycles. The van der Waals surface area contributed by atoms with Crippen LogP contribution in [-0.4, -0.2) is 41.9 Å². The van der Waals surface area contributed by atoms with Crippen molar-refractivity contribution in [3.63, 3.8) is 0 Å². The fraction of sp³-hybridized carbons (Fsp3) is 0.917. The van der Waals surface area contributed by atoms with Crippen molar-refractivity contribution in [3.05, 3.63) is 0 Å². The fourth-order valence-electron chi connectivity index (χ4n) is 2.16. The molecule has 1 aliphatic heterocycles. The molecular formula is C12H22BrNO2. The van der Waals surface area contributed by atoms with Crippen LogP contribution < -0.4 is 0 Å². The summed E-state index contributed by atoms with van der Waals surface area (Å²) in [6.07, 6.45) is 3.29. The van der Waals surface area contributed by atoms with Crippen LogP contribution in [0.25, 0.3) is 0 Å². The summed E-state index contributed by atoms with van der Waals surface area (Å²) in [5.41, 5.74) is 0. The zero-order valence-electron chi connectivity index (χ0n) is 10.2. The molecule has 0 amide bonds. The van der Waals surface area contributed by atoms with Gasteiger partial charge < -0.3 is 4.74 Å². The van der Waals surface area contributed by atoms with Gasteiger partial charge in [-0.1, -0.05) is 29.3 Å². The minimum atomic E-state index is -0.0380. The first-order valence-electron chi connectivity index (χ1n) is 6.15. The van der Waals surface area contributed by atoms with E-state index in [0.717, 1.165) is 31.3 Å². The highest BCUT2D eigenvalue weighted by atomic mass is 79.9. The van der Waals surface area contributed by atoms with Gasteiger partial charge in [0.1, 0.15) is 6.04 Å². The molecule has 0 spiro atoms. The fourth-order valence-corrected chi connectivity index (χ4v) is 2.37. The summed E-state index contributed by atoms with van der Waals surface area (Å²) in [6.45, 7) is 6.56. The quantitative estimate of drug-likeness (QED) is 0.576. The molecule has 1 aliphatic rings. The van der Waals surface area contributed by atoms with Gasteiger partial charge in [0.25, 0.3) is 0 Å². The second-order valence-corrected chi connectivity index (χ2v) is 5.17. The van der Waals surface area contributed by atoms with Gasteiger partial charge in [0, 0.05) is 11.9 Å². The molecule has 1 saturated heterocycles. The standard InChI is InChI=1S/C12H22BrNO2/c1-3-16-12(15)11-6-4-5-7-14(11)9-10(2)8-13/h10-11H,3-9H2,1-2H3. The number of halogens is 1. The summed E-state index contributed by atoms with van der Waals surface area (Å²) >= 11 is 3.49. The van der Waals surface area contributed by atoms with E-state index in [4.69, 9.17) is 4.74 Å². The molecule has 2 atom stereocenters. The van der Waals surface area contributed by atoms with Gasteiger partial charge in [-0.25, -0.2) is 0 Å². The molecule has 0 saturated carbocycles. The zero-order chi connectivity index (χ0) is 12.0. The normalized spacial score (nSPS) is 24.1. The van der Waals surface area contributed by atoms with Gasteiger partial charge in [-0.3, -0.25) is 9.69 Å². The van der Waals surface area contributed by atoms with Gasteiger partial charge in [0.2, 0.25) is 0 Å². The number of hydrogen-bond acceptors (Lipinski definition) is 3. The molecule has 1 rings (SSSR count). The minimum absolute atomic E-state index is 0.00444. The van der Waals surface area contributed by atoms with Crippen molar-refractivity contribution < 1.29 is 9.53 Å². The molecule has 0 aromatic carbocycles. The molecule has 0 aliphatic carbocycles. The first-order chi connectivity index (χ1) is 7.69. The SMILES string of the molecule is CCOC(=O)C1CCCCN1CC(C)CBr. The number of alkyl halides is 1. The highest BCUT2D eigenvalue weighted by Crippen LogP contribution is 2.20. The molecule has 2 unspecified atom stereocenters. The van der Waals surface area contributed by atoms with E-state index < -0.39 is 0 Å². The Morgan fingerprint density at radius 3 is 2.94 bits per heavy atom. The maximum atomic E-state index is 11.8. The van der Waals surface area contributed by atoms with Crippen LogP contribution in [0, 0.1) is 5.92 Å². The Bertz CT molecular complexity index is 223. The number of likely N-dealkylation sites (tertiary alicyclic amines) is 1. The Morgan fingerprint density at radius 1 is 1.56 bits per heavy atom. The Kier molecular flexibility index (Phi) is 6.36. The Balaban J connectivity index is 2.52. The lowest BCUT2D eigenvalue weighted by Gasteiger charge is -2.35. The van der Waals surface area contributed by atoms with Crippen molar-refractivity contribution in [3.8, 4) is 0 Å². The molecule has 0 aromatic rings. The number of esters is 1. The molecule has 16 heavy (non-hydrogen) atoms.